The van der Waals surface area contributed by atoms with E-state index in [1.807, 2.05) is 26.2 Å². The average molecular weight is 179 g/mol. The van der Waals surface area contributed by atoms with E-state index in [9.17, 15) is 0 Å². The molecule has 0 aromatic heterocycles. The van der Waals surface area contributed by atoms with Gasteiger partial charge in [-0.05, 0) is 5.46 Å². The van der Waals surface area contributed by atoms with E-state index in [-0.39, 0.29) is 0 Å². The molecule has 4 heteroatoms. The van der Waals surface area contributed by atoms with Gasteiger partial charge in [0.05, 0.1) is 0 Å². The molecule has 3 nitrogen and oxygen atoms in total. The van der Waals surface area contributed by atoms with Crippen molar-refractivity contribution in [2.75, 3.05) is 14.1 Å². The van der Waals surface area contributed by atoms with Gasteiger partial charge < -0.3 is 10.0 Å². The highest BCUT2D eigenvalue weighted by Crippen LogP contribution is 1.98. The molecule has 0 aliphatic rings. The maximum absolute atomic E-state index is 8.84. The molecule has 0 saturated heterocycles. The summed E-state index contributed by atoms with van der Waals surface area (Å²) in [6.45, 7) is 0.863. The molecule has 0 amide bonds. The fourth-order valence-corrected chi connectivity index (χ4v) is 1.16. The Balaban J connectivity index is 2.70. The van der Waals surface area contributed by atoms with E-state index in [1.165, 1.54) is 0 Å². The monoisotopic (exact) mass is 179 g/mol. The predicted octanol–water partition coefficient (Wildman–Crippen LogP) is -0.734. The van der Waals surface area contributed by atoms with Crippen molar-refractivity contribution in [1.29, 1.82) is 0 Å². The first kappa shape index (κ1) is 10.2. The van der Waals surface area contributed by atoms with Gasteiger partial charge in [0.15, 0.2) is 0 Å². The zero-order chi connectivity index (χ0) is 9.84. The standard InChI is InChI=1S/C9H14BNO2/c1-11(2)7-8-3-5-9(6-4-8)10(12)13/h3-6,12-13H,7H2,1-2H3/q+1. The third kappa shape index (κ3) is 3.18. The summed E-state index contributed by atoms with van der Waals surface area (Å²) in [6.07, 6.45) is 0. The van der Waals surface area contributed by atoms with Gasteiger partial charge in [-0.25, -0.2) is 0 Å². The highest BCUT2D eigenvalue weighted by molar-refractivity contribution is 6.58. The first-order valence-electron chi connectivity index (χ1n) is 4.19. The zero-order valence-corrected chi connectivity index (χ0v) is 7.94. The molecule has 0 saturated carbocycles. The molecule has 1 radical (unpaired) electrons. The van der Waals surface area contributed by atoms with Gasteiger partial charge in [0.1, 0.15) is 20.6 Å². The van der Waals surface area contributed by atoms with Gasteiger partial charge >= 0.3 is 7.12 Å². The fraction of sp³-hybridized carbons (Fsp3) is 0.333. The van der Waals surface area contributed by atoms with E-state index >= 15 is 0 Å². The van der Waals surface area contributed by atoms with Gasteiger partial charge in [-0.3, -0.25) is 0 Å². The molecule has 0 aliphatic carbocycles. The summed E-state index contributed by atoms with van der Waals surface area (Å²) in [6, 6.07) is 7.25. The average Bonchev–Trinajstić information content (AvgIpc) is 2.04. The molecule has 1 aromatic rings. The van der Waals surface area contributed by atoms with Crippen LogP contribution in [0.15, 0.2) is 24.3 Å². The Morgan fingerprint density at radius 1 is 1.15 bits per heavy atom. The number of nitrogens with zero attached hydrogens (tertiary/aromatic N) is 1. The molecule has 1 rings (SSSR count). The lowest BCUT2D eigenvalue weighted by Gasteiger charge is -2.02. The van der Waals surface area contributed by atoms with Gasteiger partial charge in [0.25, 0.3) is 0 Å². The second-order valence-corrected chi connectivity index (χ2v) is 3.35. The minimum atomic E-state index is -1.37. The largest absolute Gasteiger partial charge is 0.488 e. The smallest absolute Gasteiger partial charge is 0.423 e. The topological polar surface area (TPSA) is 46.4 Å². The number of benzene rings is 1. The molecule has 2 N–H and O–H groups in total. The van der Waals surface area contributed by atoms with E-state index in [0.717, 1.165) is 12.1 Å². The van der Waals surface area contributed by atoms with Gasteiger partial charge in [0, 0.05) is 5.56 Å². The normalized spacial score (nSPS) is 10.5. The lowest BCUT2D eigenvalue weighted by molar-refractivity contribution is 0.426. The molecule has 0 spiro atoms. The summed E-state index contributed by atoms with van der Waals surface area (Å²) in [5.41, 5.74) is 1.69. The lowest BCUT2D eigenvalue weighted by atomic mass is 9.80. The lowest BCUT2D eigenvalue weighted by Crippen LogP contribution is -2.29. The van der Waals surface area contributed by atoms with Crippen LogP contribution in [0.3, 0.4) is 0 Å². The van der Waals surface area contributed by atoms with Crippen LogP contribution in [0.25, 0.3) is 0 Å². The summed E-state index contributed by atoms with van der Waals surface area (Å²) in [5, 5.41) is 17.7. The van der Waals surface area contributed by atoms with Gasteiger partial charge in [0.2, 0.25) is 0 Å². The van der Waals surface area contributed by atoms with Crippen molar-refractivity contribution in [1.82, 2.24) is 4.90 Å². The van der Waals surface area contributed by atoms with Gasteiger partial charge in [-0.2, -0.15) is 4.90 Å². The molecule has 69 valence electrons. The van der Waals surface area contributed by atoms with Crippen LogP contribution < -0.4 is 10.4 Å². The van der Waals surface area contributed by atoms with Gasteiger partial charge in [-0.15, -0.1) is 0 Å². The predicted molar refractivity (Wildman–Crippen MR) is 54.0 cm³/mol. The number of hydrogen-bond acceptors (Lipinski definition) is 3. The Labute approximate surface area is 78.8 Å². The Morgan fingerprint density at radius 2 is 1.69 bits per heavy atom. The van der Waals surface area contributed by atoms with Crippen LogP contribution in [0.4, 0.5) is 0 Å². The van der Waals surface area contributed by atoms with Crippen LogP contribution in [-0.4, -0.2) is 31.3 Å². The van der Waals surface area contributed by atoms with Crippen molar-refractivity contribution >= 4 is 12.6 Å². The molecule has 1 aromatic carbocycles. The van der Waals surface area contributed by atoms with Crippen molar-refractivity contribution in [3.63, 3.8) is 0 Å². The first-order chi connectivity index (χ1) is 6.09. The Morgan fingerprint density at radius 3 is 2.08 bits per heavy atom. The minimum Gasteiger partial charge on any atom is -0.423 e. The first-order valence-corrected chi connectivity index (χ1v) is 4.19. The van der Waals surface area contributed by atoms with E-state index in [1.54, 1.807) is 12.1 Å². The summed E-state index contributed by atoms with van der Waals surface area (Å²) in [7, 11) is 2.62. The fourth-order valence-electron chi connectivity index (χ4n) is 1.16. The minimum absolute atomic E-state index is 0.530. The van der Waals surface area contributed by atoms with Gasteiger partial charge in [-0.1, -0.05) is 24.3 Å². The molecule has 13 heavy (non-hydrogen) atoms. The molecule has 0 unspecified atom stereocenters. The van der Waals surface area contributed by atoms with Crippen molar-refractivity contribution in [2.45, 2.75) is 6.54 Å². The van der Waals surface area contributed by atoms with E-state index in [4.69, 9.17) is 10.0 Å². The maximum Gasteiger partial charge on any atom is 0.488 e. The maximum atomic E-state index is 8.84. The zero-order valence-electron chi connectivity index (χ0n) is 7.94. The van der Waals surface area contributed by atoms with E-state index in [2.05, 4.69) is 4.90 Å². The molecule has 0 heterocycles. The van der Waals surface area contributed by atoms with Crippen molar-refractivity contribution < 1.29 is 10.0 Å². The molecule has 0 atom stereocenters. The number of hydrogen-bond donors (Lipinski definition) is 2. The Hall–Kier alpha value is -0.835. The van der Waals surface area contributed by atoms with Crippen LogP contribution in [0.1, 0.15) is 5.56 Å². The van der Waals surface area contributed by atoms with Crippen LogP contribution in [-0.2, 0) is 6.54 Å². The SMILES string of the molecule is C[N+](C)Cc1ccc(B(O)O)cc1. The summed E-state index contributed by atoms with van der Waals surface area (Å²) >= 11 is 0. The molecular weight excluding hydrogens is 165 g/mol. The highest BCUT2D eigenvalue weighted by atomic mass is 16.4. The van der Waals surface area contributed by atoms with E-state index in [0.29, 0.717) is 5.46 Å². The van der Waals surface area contributed by atoms with Crippen LogP contribution in [0, 0.1) is 0 Å². The second-order valence-electron chi connectivity index (χ2n) is 3.35. The summed E-state index contributed by atoms with van der Waals surface area (Å²) in [4.78, 5) is 2.06. The Bertz CT molecular complexity index is 259. The third-order valence-electron chi connectivity index (χ3n) is 1.78. The highest BCUT2D eigenvalue weighted by Gasteiger charge is 2.10. The van der Waals surface area contributed by atoms with Crippen LogP contribution in [0.2, 0.25) is 0 Å². The number of rotatable bonds is 3. The molecule has 0 bridgehead atoms. The summed E-state index contributed by atoms with van der Waals surface area (Å²) < 4.78 is 0. The van der Waals surface area contributed by atoms with Crippen LogP contribution >= 0.6 is 0 Å². The molecular formula is C9H14BNO2+. The van der Waals surface area contributed by atoms with E-state index < -0.39 is 7.12 Å². The third-order valence-corrected chi connectivity index (χ3v) is 1.78. The molecule has 0 fully saturated rings. The second kappa shape index (κ2) is 4.41. The van der Waals surface area contributed by atoms with Crippen molar-refractivity contribution in [3.8, 4) is 0 Å². The molecule has 0 aliphatic heterocycles. The summed E-state index contributed by atoms with van der Waals surface area (Å²) in [5.74, 6) is 0. The van der Waals surface area contributed by atoms with Crippen molar-refractivity contribution in [2.24, 2.45) is 0 Å². The Kier molecular flexibility index (Phi) is 3.48. The van der Waals surface area contributed by atoms with Crippen molar-refractivity contribution in [3.05, 3.63) is 29.8 Å². The van der Waals surface area contributed by atoms with Crippen LogP contribution in [0.5, 0.6) is 0 Å². The quantitative estimate of drug-likeness (QED) is 0.474.